The van der Waals surface area contributed by atoms with Gasteiger partial charge in [-0.3, -0.25) is 4.79 Å². The number of fused-ring (bicyclic) bond motifs is 1. The molecule has 0 amide bonds. The van der Waals surface area contributed by atoms with Crippen molar-refractivity contribution in [2.45, 2.75) is 64.6 Å². The third kappa shape index (κ3) is 2.10. The van der Waals surface area contributed by atoms with Crippen LogP contribution in [0.3, 0.4) is 0 Å². The minimum atomic E-state index is -0.169. The van der Waals surface area contributed by atoms with Gasteiger partial charge in [-0.25, -0.2) is 0 Å². The van der Waals surface area contributed by atoms with E-state index in [2.05, 4.69) is 6.92 Å². The summed E-state index contributed by atoms with van der Waals surface area (Å²) in [5.41, 5.74) is 0.100. The lowest BCUT2D eigenvalue weighted by atomic mass is 9.58. The van der Waals surface area contributed by atoms with Crippen LogP contribution >= 0.6 is 0 Å². The Morgan fingerprint density at radius 2 is 2.12 bits per heavy atom. The monoisotopic (exact) mass is 226 g/mol. The Hall–Kier alpha value is -0.570. The van der Waals surface area contributed by atoms with E-state index in [0.29, 0.717) is 5.92 Å². The first-order valence-corrected chi connectivity index (χ1v) is 6.37. The molecule has 0 bridgehead atoms. The molecular weight excluding hydrogens is 204 g/mol. The van der Waals surface area contributed by atoms with Crippen molar-refractivity contribution < 1.29 is 14.6 Å². The molecule has 2 aliphatic rings. The molecule has 0 saturated heterocycles. The van der Waals surface area contributed by atoms with E-state index >= 15 is 0 Å². The largest absolute Gasteiger partial charge is 0.462 e. The normalized spacial score (nSPS) is 43.6. The molecule has 0 aliphatic heterocycles. The molecule has 2 aliphatic carbocycles. The van der Waals surface area contributed by atoms with Gasteiger partial charge >= 0.3 is 5.97 Å². The lowest BCUT2D eigenvalue weighted by molar-refractivity contribution is -0.166. The van der Waals surface area contributed by atoms with Gasteiger partial charge in [0.15, 0.2) is 0 Å². The Morgan fingerprint density at radius 3 is 2.81 bits per heavy atom. The molecule has 0 aromatic heterocycles. The highest BCUT2D eigenvalue weighted by Crippen LogP contribution is 2.51. The summed E-state index contributed by atoms with van der Waals surface area (Å²) in [7, 11) is 0. The fourth-order valence-corrected chi connectivity index (χ4v) is 3.54. The van der Waals surface area contributed by atoms with Crippen LogP contribution in [0.4, 0.5) is 0 Å². The summed E-state index contributed by atoms with van der Waals surface area (Å²) in [5.74, 6) is 0.354. The van der Waals surface area contributed by atoms with Crippen molar-refractivity contribution in [2.24, 2.45) is 11.3 Å². The topological polar surface area (TPSA) is 46.5 Å². The van der Waals surface area contributed by atoms with Gasteiger partial charge in [0.25, 0.3) is 0 Å². The van der Waals surface area contributed by atoms with E-state index in [4.69, 9.17) is 4.74 Å². The number of carbonyl (C=O) groups is 1. The molecule has 3 nitrogen and oxygen atoms in total. The molecule has 2 fully saturated rings. The summed E-state index contributed by atoms with van der Waals surface area (Å²) >= 11 is 0. The highest BCUT2D eigenvalue weighted by molar-refractivity contribution is 5.66. The molecular formula is C13H22O3. The van der Waals surface area contributed by atoms with Crippen LogP contribution in [0.2, 0.25) is 0 Å². The van der Waals surface area contributed by atoms with Gasteiger partial charge in [0.1, 0.15) is 6.10 Å². The van der Waals surface area contributed by atoms with Gasteiger partial charge in [-0.15, -0.1) is 0 Å². The Labute approximate surface area is 97.2 Å². The lowest BCUT2D eigenvalue weighted by Crippen LogP contribution is -2.48. The van der Waals surface area contributed by atoms with Crippen molar-refractivity contribution in [3.63, 3.8) is 0 Å². The standard InChI is InChI=1S/C13H22O3/c1-9(14)16-12-5-3-4-10-8-11(15)6-7-13(10,12)2/h10-12,15H,3-8H2,1-2H3/t10-,11+,12-,13-/m0/s1. The van der Waals surface area contributed by atoms with Gasteiger partial charge in [-0.2, -0.15) is 0 Å². The quantitative estimate of drug-likeness (QED) is 0.698. The third-order valence-electron chi connectivity index (χ3n) is 4.57. The Morgan fingerprint density at radius 1 is 1.38 bits per heavy atom. The van der Waals surface area contributed by atoms with E-state index in [1.807, 2.05) is 0 Å². The van der Waals surface area contributed by atoms with Crippen molar-refractivity contribution in [1.82, 2.24) is 0 Å². The average molecular weight is 226 g/mol. The lowest BCUT2D eigenvalue weighted by Gasteiger charge is -2.50. The molecule has 3 heteroatoms. The molecule has 0 aromatic carbocycles. The first-order valence-electron chi connectivity index (χ1n) is 6.37. The van der Waals surface area contributed by atoms with Crippen LogP contribution in [-0.4, -0.2) is 23.3 Å². The second kappa shape index (κ2) is 4.36. The number of hydrogen-bond donors (Lipinski definition) is 1. The van der Waals surface area contributed by atoms with Crippen LogP contribution < -0.4 is 0 Å². The van der Waals surface area contributed by atoms with Crippen LogP contribution in [0.25, 0.3) is 0 Å². The molecule has 4 atom stereocenters. The maximum atomic E-state index is 11.1. The van der Waals surface area contributed by atoms with Crippen LogP contribution in [0.1, 0.15) is 52.4 Å². The maximum Gasteiger partial charge on any atom is 0.302 e. The number of esters is 1. The zero-order chi connectivity index (χ0) is 11.8. The summed E-state index contributed by atoms with van der Waals surface area (Å²) in [4.78, 5) is 11.1. The molecule has 0 heterocycles. The van der Waals surface area contributed by atoms with Gasteiger partial charge in [0.2, 0.25) is 0 Å². The van der Waals surface area contributed by atoms with Gasteiger partial charge in [0.05, 0.1) is 6.10 Å². The SMILES string of the molecule is CC(=O)O[C@H]1CCC[C@H]2C[C@H](O)CC[C@@]21C. The van der Waals surface area contributed by atoms with Crippen molar-refractivity contribution in [1.29, 1.82) is 0 Å². The van der Waals surface area contributed by atoms with E-state index < -0.39 is 0 Å². The molecule has 0 aromatic rings. The van der Waals surface area contributed by atoms with E-state index in [-0.39, 0.29) is 23.6 Å². The third-order valence-corrected chi connectivity index (χ3v) is 4.57. The predicted molar refractivity (Wildman–Crippen MR) is 60.9 cm³/mol. The first kappa shape index (κ1) is 11.9. The van der Waals surface area contributed by atoms with E-state index in [0.717, 1.165) is 32.1 Å². The molecule has 0 unspecified atom stereocenters. The number of ether oxygens (including phenoxy) is 1. The van der Waals surface area contributed by atoms with Gasteiger partial charge in [0, 0.05) is 12.3 Å². The smallest absolute Gasteiger partial charge is 0.302 e. The molecule has 16 heavy (non-hydrogen) atoms. The van der Waals surface area contributed by atoms with Crippen LogP contribution in [0.15, 0.2) is 0 Å². The molecule has 92 valence electrons. The fourth-order valence-electron chi connectivity index (χ4n) is 3.54. The summed E-state index contributed by atoms with van der Waals surface area (Å²) in [6, 6.07) is 0. The molecule has 2 rings (SSSR count). The summed E-state index contributed by atoms with van der Waals surface area (Å²) in [5, 5.41) is 9.72. The van der Waals surface area contributed by atoms with Crippen LogP contribution in [-0.2, 0) is 9.53 Å². The van der Waals surface area contributed by atoms with Crippen molar-refractivity contribution in [3.05, 3.63) is 0 Å². The summed E-state index contributed by atoms with van der Waals surface area (Å²) in [6.45, 7) is 3.72. The average Bonchev–Trinajstić information content (AvgIpc) is 2.20. The van der Waals surface area contributed by atoms with E-state index in [9.17, 15) is 9.90 Å². The number of rotatable bonds is 1. The number of hydrogen-bond acceptors (Lipinski definition) is 3. The Bertz CT molecular complexity index is 276. The van der Waals surface area contributed by atoms with Gasteiger partial charge in [-0.1, -0.05) is 6.92 Å². The first-order chi connectivity index (χ1) is 7.52. The number of aliphatic hydroxyl groups is 1. The van der Waals surface area contributed by atoms with E-state index in [1.54, 1.807) is 0 Å². The zero-order valence-electron chi connectivity index (χ0n) is 10.2. The second-order valence-electron chi connectivity index (χ2n) is 5.66. The van der Waals surface area contributed by atoms with Crippen molar-refractivity contribution in [2.75, 3.05) is 0 Å². The van der Waals surface area contributed by atoms with E-state index in [1.165, 1.54) is 13.3 Å². The van der Waals surface area contributed by atoms with Crippen LogP contribution in [0.5, 0.6) is 0 Å². The highest BCUT2D eigenvalue weighted by atomic mass is 16.5. The maximum absolute atomic E-state index is 11.1. The Balaban J connectivity index is 2.12. The van der Waals surface area contributed by atoms with Gasteiger partial charge < -0.3 is 9.84 Å². The van der Waals surface area contributed by atoms with Crippen molar-refractivity contribution >= 4 is 5.97 Å². The fraction of sp³-hybridized carbons (Fsp3) is 0.923. The molecule has 0 radical (unpaired) electrons. The Kier molecular flexibility index (Phi) is 3.24. The minimum absolute atomic E-state index is 0.0660. The summed E-state index contributed by atoms with van der Waals surface area (Å²) < 4.78 is 5.48. The number of carbonyl (C=O) groups excluding carboxylic acids is 1. The van der Waals surface area contributed by atoms with Gasteiger partial charge in [-0.05, 0) is 44.4 Å². The molecule has 0 spiro atoms. The second-order valence-corrected chi connectivity index (χ2v) is 5.66. The zero-order valence-corrected chi connectivity index (χ0v) is 10.2. The minimum Gasteiger partial charge on any atom is -0.462 e. The van der Waals surface area contributed by atoms with Crippen LogP contribution in [0, 0.1) is 11.3 Å². The highest BCUT2D eigenvalue weighted by Gasteiger charge is 2.48. The molecule has 2 saturated carbocycles. The number of aliphatic hydroxyl groups excluding tert-OH is 1. The predicted octanol–water partition coefficient (Wildman–Crippen LogP) is 2.27. The summed E-state index contributed by atoms with van der Waals surface area (Å²) in [6.07, 6.45) is 5.92. The molecule has 1 N–H and O–H groups in total. The van der Waals surface area contributed by atoms with Crippen molar-refractivity contribution in [3.8, 4) is 0 Å².